The minimum Gasteiger partial charge on any atom is -0.354 e. The molecule has 5 nitrogen and oxygen atoms in total. The fraction of sp³-hybridized carbons (Fsp3) is 0.615. The van der Waals surface area contributed by atoms with Crippen molar-refractivity contribution < 1.29 is 4.79 Å². The number of anilines is 1. The molecule has 2 N–H and O–H groups in total. The van der Waals surface area contributed by atoms with Crippen molar-refractivity contribution in [1.82, 2.24) is 15.3 Å². The van der Waals surface area contributed by atoms with Crippen LogP contribution < -0.4 is 10.6 Å². The Morgan fingerprint density at radius 1 is 1.11 bits per heavy atom. The highest BCUT2D eigenvalue weighted by atomic mass is 16.1. The molecule has 0 aliphatic heterocycles. The minimum atomic E-state index is -0.108. The maximum absolute atomic E-state index is 11.7. The summed E-state index contributed by atoms with van der Waals surface area (Å²) in [7, 11) is 0. The van der Waals surface area contributed by atoms with Gasteiger partial charge in [0.2, 0.25) is 5.95 Å². The zero-order valence-electron chi connectivity index (χ0n) is 11.2. The van der Waals surface area contributed by atoms with Crippen molar-refractivity contribution in [2.45, 2.75) is 39.5 Å². The van der Waals surface area contributed by atoms with E-state index in [1.54, 1.807) is 12.4 Å². The molecular formula is C13H22N4O. The first-order valence-corrected chi connectivity index (χ1v) is 6.62. The average Bonchev–Trinajstić information content (AvgIpc) is 2.40. The Hall–Kier alpha value is -1.65. The Morgan fingerprint density at radius 2 is 1.72 bits per heavy atom. The molecule has 0 aliphatic rings. The van der Waals surface area contributed by atoms with Crippen LogP contribution in [-0.4, -0.2) is 29.0 Å². The van der Waals surface area contributed by atoms with Crippen molar-refractivity contribution >= 4 is 11.9 Å². The molecular weight excluding hydrogens is 228 g/mol. The second-order valence-corrected chi connectivity index (χ2v) is 4.19. The Balaban J connectivity index is 2.41. The van der Waals surface area contributed by atoms with E-state index in [-0.39, 0.29) is 5.91 Å². The van der Waals surface area contributed by atoms with Crippen LogP contribution in [0, 0.1) is 0 Å². The van der Waals surface area contributed by atoms with Crippen LogP contribution in [-0.2, 0) is 0 Å². The van der Waals surface area contributed by atoms with Crippen LogP contribution in [0.5, 0.6) is 0 Å². The summed E-state index contributed by atoms with van der Waals surface area (Å²) >= 11 is 0. The number of hydrogen-bond acceptors (Lipinski definition) is 4. The standard InChI is InChI=1S/C13H22N4O/c1-3-5-7-14-12(18)11-9-16-13(17-10-11)15-8-6-4-2/h9-10H,3-8H2,1-2H3,(H,14,18)(H,15,16,17). The van der Waals surface area contributed by atoms with Crippen molar-refractivity contribution in [1.29, 1.82) is 0 Å². The Morgan fingerprint density at radius 3 is 2.33 bits per heavy atom. The maximum Gasteiger partial charge on any atom is 0.254 e. The van der Waals surface area contributed by atoms with Crippen LogP contribution in [0.1, 0.15) is 49.9 Å². The molecule has 0 spiro atoms. The number of rotatable bonds is 8. The van der Waals surface area contributed by atoms with E-state index in [0.717, 1.165) is 32.2 Å². The van der Waals surface area contributed by atoms with E-state index in [2.05, 4.69) is 34.4 Å². The molecule has 1 aromatic rings. The number of nitrogens with zero attached hydrogens (tertiary/aromatic N) is 2. The summed E-state index contributed by atoms with van der Waals surface area (Å²) in [6, 6.07) is 0. The highest BCUT2D eigenvalue weighted by Gasteiger charge is 2.05. The van der Waals surface area contributed by atoms with E-state index >= 15 is 0 Å². The first kappa shape index (κ1) is 14.4. The van der Waals surface area contributed by atoms with Gasteiger partial charge in [-0.15, -0.1) is 0 Å². The van der Waals surface area contributed by atoms with Gasteiger partial charge in [0.05, 0.1) is 5.56 Å². The predicted octanol–water partition coefficient (Wildman–Crippen LogP) is 2.22. The summed E-state index contributed by atoms with van der Waals surface area (Å²) in [5.41, 5.74) is 0.507. The lowest BCUT2D eigenvalue weighted by atomic mass is 10.3. The highest BCUT2D eigenvalue weighted by Crippen LogP contribution is 2.01. The zero-order chi connectivity index (χ0) is 13.2. The molecule has 18 heavy (non-hydrogen) atoms. The van der Waals surface area contributed by atoms with E-state index in [9.17, 15) is 4.79 Å². The monoisotopic (exact) mass is 250 g/mol. The Labute approximate surface area is 108 Å². The van der Waals surface area contributed by atoms with Gasteiger partial charge in [0.25, 0.3) is 5.91 Å². The summed E-state index contributed by atoms with van der Waals surface area (Å²) < 4.78 is 0. The van der Waals surface area contributed by atoms with Gasteiger partial charge in [0.15, 0.2) is 0 Å². The van der Waals surface area contributed by atoms with Gasteiger partial charge >= 0.3 is 0 Å². The largest absolute Gasteiger partial charge is 0.354 e. The second kappa shape index (κ2) is 8.44. The van der Waals surface area contributed by atoms with Crippen LogP contribution in [0.4, 0.5) is 5.95 Å². The van der Waals surface area contributed by atoms with Gasteiger partial charge in [0, 0.05) is 25.5 Å². The number of hydrogen-bond donors (Lipinski definition) is 2. The maximum atomic E-state index is 11.7. The summed E-state index contributed by atoms with van der Waals surface area (Å²) in [5, 5.41) is 5.94. The van der Waals surface area contributed by atoms with Crippen molar-refractivity contribution in [2.24, 2.45) is 0 Å². The molecule has 0 saturated heterocycles. The number of aromatic nitrogens is 2. The third-order valence-electron chi connectivity index (χ3n) is 2.54. The highest BCUT2D eigenvalue weighted by molar-refractivity contribution is 5.93. The van der Waals surface area contributed by atoms with Crippen LogP contribution in [0.15, 0.2) is 12.4 Å². The summed E-state index contributed by atoms with van der Waals surface area (Å²) in [4.78, 5) is 19.9. The smallest absolute Gasteiger partial charge is 0.254 e. The second-order valence-electron chi connectivity index (χ2n) is 4.19. The molecule has 0 aromatic carbocycles. The Bertz CT molecular complexity index is 351. The molecule has 0 fully saturated rings. The predicted molar refractivity (Wildman–Crippen MR) is 72.7 cm³/mol. The molecule has 0 atom stereocenters. The molecule has 0 aliphatic carbocycles. The van der Waals surface area contributed by atoms with Gasteiger partial charge in [-0.3, -0.25) is 4.79 Å². The van der Waals surface area contributed by atoms with E-state index in [1.165, 1.54) is 0 Å². The molecule has 0 bridgehead atoms. The first-order valence-electron chi connectivity index (χ1n) is 6.62. The topological polar surface area (TPSA) is 66.9 Å². The lowest BCUT2D eigenvalue weighted by Crippen LogP contribution is -2.24. The summed E-state index contributed by atoms with van der Waals surface area (Å²) in [5.74, 6) is 0.470. The van der Waals surface area contributed by atoms with Gasteiger partial charge in [-0.05, 0) is 12.8 Å². The molecule has 1 aromatic heterocycles. The minimum absolute atomic E-state index is 0.108. The van der Waals surface area contributed by atoms with Gasteiger partial charge in [0.1, 0.15) is 0 Å². The quantitative estimate of drug-likeness (QED) is 0.694. The van der Waals surface area contributed by atoms with Crippen LogP contribution in [0.3, 0.4) is 0 Å². The van der Waals surface area contributed by atoms with E-state index in [1.807, 2.05) is 0 Å². The van der Waals surface area contributed by atoms with Crippen LogP contribution in [0.2, 0.25) is 0 Å². The molecule has 0 saturated carbocycles. The van der Waals surface area contributed by atoms with Crippen molar-refractivity contribution in [3.05, 3.63) is 18.0 Å². The number of unbranched alkanes of at least 4 members (excludes halogenated alkanes) is 2. The number of carbonyl (C=O) groups is 1. The van der Waals surface area contributed by atoms with Gasteiger partial charge in [-0.1, -0.05) is 26.7 Å². The fourth-order valence-corrected chi connectivity index (χ4v) is 1.39. The normalized spacial score (nSPS) is 10.1. The molecule has 0 radical (unpaired) electrons. The summed E-state index contributed by atoms with van der Waals surface area (Å²) in [6.07, 6.45) is 7.39. The first-order chi connectivity index (χ1) is 8.77. The third-order valence-corrected chi connectivity index (χ3v) is 2.54. The van der Waals surface area contributed by atoms with E-state index in [4.69, 9.17) is 0 Å². The van der Waals surface area contributed by atoms with Crippen LogP contribution in [0.25, 0.3) is 0 Å². The summed E-state index contributed by atoms with van der Waals surface area (Å²) in [6.45, 7) is 5.78. The molecule has 100 valence electrons. The van der Waals surface area contributed by atoms with Crippen molar-refractivity contribution in [3.8, 4) is 0 Å². The lowest BCUT2D eigenvalue weighted by Gasteiger charge is -2.05. The van der Waals surface area contributed by atoms with E-state index < -0.39 is 0 Å². The Kier molecular flexibility index (Phi) is 6.76. The number of nitrogens with one attached hydrogen (secondary N) is 2. The van der Waals surface area contributed by atoms with Gasteiger partial charge in [-0.25, -0.2) is 9.97 Å². The number of amides is 1. The number of carbonyl (C=O) groups excluding carboxylic acids is 1. The third kappa shape index (κ3) is 5.12. The van der Waals surface area contributed by atoms with Crippen molar-refractivity contribution in [3.63, 3.8) is 0 Å². The molecule has 1 amide bonds. The van der Waals surface area contributed by atoms with E-state index in [0.29, 0.717) is 18.1 Å². The van der Waals surface area contributed by atoms with Gasteiger partial charge < -0.3 is 10.6 Å². The average molecular weight is 250 g/mol. The zero-order valence-corrected chi connectivity index (χ0v) is 11.2. The molecule has 1 heterocycles. The fourth-order valence-electron chi connectivity index (χ4n) is 1.39. The molecule has 5 heteroatoms. The molecule has 0 unspecified atom stereocenters. The molecule has 1 rings (SSSR count). The van der Waals surface area contributed by atoms with Crippen molar-refractivity contribution in [2.75, 3.05) is 18.4 Å². The van der Waals surface area contributed by atoms with Crippen LogP contribution >= 0.6 is 0 Å². The lowest BCUT2D eigenvalue weighted by molar-refractivity contribution is 0.0952. The van der Waals surface area contributed by atoms with Gasteiger partial charge in [-0.2, -0.15) is 0 Å². The SMILES string of the molecule is CCCCNC(=O)c1cnc(NCCCC)nc1.